The van der Waals surface area contributed by atoms with E-state index in [1.165, 1.54) is 95.5 Å². The minimum absolute atomic E-state index is 0.0401. The summed E-state index contributed by atoms with van der Waals surface area (Å²) >= 11 is 28.4. The number of imide groups is 2. The van der Waals surface area contributed by atoms with Crippen molar-refractivity contribution < 1.29 is 57.2 Å². The van der Waals surface area contributed by atoms with E-state index in [0.29, 0.717) is 32.3 Å². The van der Waals surface area contributed by atoms with E-state index in [0.717, 1.165) is 9.80 Å². The molecule has 0 radical (unpaired) electrons. The summed E-state index contributed by atoms with van der Waals surface area (Å²) in [6.07, 6.45) is 5.25. The van der Waals surface area contributed by atoms with Gasteiger partial charge in [0.05, 0.1) is 56.4 Å². The molecule has 276 valence electrons. The normalized spacial score (nSPS) is 14.1. The summed E-state index contributed by atoms with van der Waals surface area (Å²) in [4.78, 5) is 83.0. The Morgan fingerprint density at radius 1 is 0.446 bits per heavy atom. The minimum Gasteiger partial charge on any atom is -0.473 e. The molecular weight excluding hydrogens is 810 g/mol. The van der Waals surface area contributed by atoms with Gasteiger partial charge in [-0.25, -0.2) is 37.9 Å². The Labute approximate surface area is 333 Å². The first-order valence-corrected chi connectivity index (χ1v) is 18.0. The van der Waals surface area contributed by atoms with Crippen LogP contribution in [0.5, 0.6) is 0 Å². The summed E-state index contributed by atoms with van der Waals surface area (Å²) in [6, 6.07) is 5.63. The number of hydrogen-bond acceptors (Lipinski definition) is 6. The molecular formula is C38H22Cl4N6O8+4. The number of amides is 4. The second-order valence-electron chi connectivity index (χ2n) is 13.6. The van der Waals surface area contributed by atoms with E-state index in [-0.39, 0.29) is 76.1 Å². The predicted molar refractivity (Wildman–Crippen MR) is 201 cm³/mol. The van der Waals surface area contributed by atoms with Crippen molar-refractivity contribution in [1.29, 1.82) is 0 Å². The molecule has 2 N–H and O–H groups in total. The van der Waals surface area contributed by atoms with Gasteiger partial charge in [-0.3, -0.25) is 0 Å². The van der Waals surface area contributed by atoms with Gasteiger partial charge in [-0.15, -0.1) is 9.80 Å². The molecule has 0 saturated carbocycles. The van der Waals surface area contributed by atoms with Gasteiger partial charge in [0.15, 0.2) is 12.4 Å². The average molecular weight is 832 g/mol. The SMILES string of the molecule is C[n+]1cc(N2C(=O)c3cc(Cl)c4c5c(Cl)cc6c7c(cc(Cl)c(c8c(Cl)cc(c3c48)C2=O)c75)C(=O)N(c2c[n+](C)c(C(=O)O)c[n+]2C)C6=O)[n+](C)cc1C(=O)O. The molecule has 7 aromatic rings. The highest BCUT2D eigenvalue weighted by molar-refractivity contribution is 6.57. The molecule has 4 heterocycles. The van der Waals surface area contributed by atoms with Gasteiger partial charge in [0.2, 0.25) is 0 Å². The van der Waals surface area contributed by atoms with Crippen LogP contribution in [0.1, 0.15) is 62.4 Å². The number of benzene rings is 5. The van der Waals surface area contributed by atoms with Crippen molar-refractivity contribution in [3.8, 4) is 0 Å². The lowest BCUT2D eigenvalue weighted by Gasteiger charge is -2.27. The molecule has 9 rings (SSSR count). The number of aryl methyl sites for hydroxylation is 4. The fourth-order valence-corrected chi connectivity index (χ4v) is 9.26. The lowest BCUT2D eigenvalue weighted by Crippen LogP contribution is -2.52. The molecule has 0 aliphatic carbocycles. The molecule has 2 aliphatic rings. The van der Waals surface area contributed by atoms with Gasteiger partial charge in [0.25, 0.3) is 12.4 Å². The summed E-state index contributed by atoms with van der Waals surface area (Å²) in [5.74, 6) is -5.27. The number of anilines is 2. The highest BCUT2D eigenvalue weighted by Crippen LogP contribution is 2.54. The number of carboxylic acids is 2. The number of aromatic nitrogens is 4. The van der Waals surface area contributed by atoms with E-state index in [1.54, 1.807) is 0 Å². The number of hydrogen-bond donors (Lipinski definition) is 2. The zero-order valence-corrected chi connectivity index (χ0v) is 32.2. The van der Waals surface area contributed by atoms with Gasteiger partial charge < -0.3 is 10.2 Å². The zero-order valence-electron chi connectivity index (χ0n) is 29.2. The number of halogens is 4. The smallest absolute Gasteiger partial charge is 0.405 e. The van der Waals surface area contributed by atoms with Gasteiger partial charge in [0, 0.05) is 43.1 Å². The summed E-state index contributed by atoms with van der Waals surface area (Å²) in [7, 11) is 5.94. The molecule has 2 aromatic heterocycles. The summed E-state index contributed by atoms with van der Waals surface area (Å²) in [6.45, 7) is 0. The van der Waals surface area contributed by atoms with Crippen molar-refractivity contribution in [2.45, 2.75) is 0 Å². The second kappa shape index (κ2) is 11.7. The number of fused-ring (bicyclic) bond motifs is 2. The minimum atomic E-state index is -1.21. The van der Waals surface area contributed by atoms with Crippen LogP contribution in [-0.4, -0.2) is 45.8 Å². The van der Waals surface area contributed by atoms with Crippen LogP contribution in [0, 0.1) is 0 Å². The zero-order chi connectivity index (χ0) is 40.1. The highest BCUT2D eigenvalue weighted by atomic mass is 35.5. The van der Waals surface area contributed by atoms with Crippen LogP contribution in [0.4, 0.5) is 11.6 Å². The van der Waals surface area contributed by atoms with Crippen LogP contribution >= 0.6 is 46.4 Å². The monoisotopic (exact) mass is 830 g/mol. The quantitative estimate of drug-likeness (QED) is 0.112. The maximum Gasteiger partial charge on any atom is 0.405 e. The second-order valence-corrected chi connectivity index (χ2v) is 15.2. The standard InChI is InChI=1S/C38H20Cl4N6O8/c1-43-11-23(45(3)9-21(43)37(53)54)47-33(49)13-5-17(39)27-29-19(41)7-15-26-16(36(52)48(35(15)51)24-12-44(2)22(38(55)56)10-46(24)4)8-20(42)30(32(26)29)28-18(40)6-14(34(47)50)25(13)31(27)28/h5-12H,1-4H3/q+2/p+2. The fourth-order valence-electron chi connectivity index (χ4n) is 8.07. The molecule has 0 atom stereocenters. The molecule has 18 heteroatoms. The Morgan fingerprint density at radius 2 is 0.714 bits per heavy atom. The van der Waals surface area contributed by atoms with Gasteiger partial charge in [0.1, 0.15) is 14.1 Å². The number of carbonyl (C=O) groups excluding carboxylic acids is 4. The number of nitrogens with zero attached hydrogens (tertiary/aromatic N) is 6. The molecule has 14 nitrogen and oxygen atoms in total. The molecule has 0 saturated heterocycles. The Bertz CT molecular complexity index is 2840. The fraction of sp³-hybridized carbons (Fsp3) is 0.105. The van der Waals surface area contributed by atoms with E-state index in [2.05, 4.69) is 0 Å². The third-order valence-corrected chi connectivity index (χ3v) is 11.7. The van der Waals surface area contributed by atoms with Gasteiger partial charge >= 0.3 is 58.6 Å². The molecule has 4 amide bonds. The number of carboxylic acid groups (broad SMARTS) is 2. The maximum atomic E-state index is 14.4. The molecule has 2 aliphatic heterocycles. The third-order valence-electron chi connectivity index (χ3n) is 10.5. The van der Waals surface area contributed by atoms with Crippen molar-refractivity contribution in [3.63, 3.8) is 0 Å². The van der Waals surface area contributed by atoms with Crippen LogP contribution in [0.25, 0.3) is 43.1 Å². The largest absolute Gasteiger partial charge is 0.473 e. The third kappa shape index (κ3) is 4.46. The van der Waals surface area contributed by atoms with E-state index < -0.39 is 35.6 Å². The summed E-state index contributed by atoms with van der Waals surface area (Å²) < 4.78 is 5.25. The van der Waals surface area contributed by atoms with Crippen molar-refractivity contribution in [2.75, 3.05) is 9.80 Å². The Balaban J connectivity index is 1.34. The van der Waals surface area contributed by atoms with Gasteiger partial charge in [-0.1, -0.05) is 46.4 Å². The summed E-state index contributed by atoms with van der Waals surface area (Å²) in [5.41, 5.74) is -0.0161. The lowest BCUT2D eigenvalue weighted by molar-refractivity contribution is -0.720. The number of rotatable bonds is 4. The first-order valence-electron chi connectivity index (χ1n) is 16.4. The van der Waals surface area contributed by atoms with E-state index in [4.69, 9.17) is 46.4 Å². The molecule has 0 spiro atoms. The van der Waals surface area contributed by atoms with Crippen molar-refractivity contribution >= 4 is 137 Å². The van der Waals surface area contributed by atoms with E-state index >= 15 is 0 Å². The van der Waals surface area contributed by atoms with Crippen molar-refractivity contribution in [2.24, 2.45) is 28.2 Å². The molecule has 0 fully saturated rings. The number of aromatic carboxylic acids is 2. The van der Waals surface area contributed by atoms with Gasteiger partial charge in [-0.2, -0.15) is 9.13 Å². The average Bonchev–Trinajstić information content (AvgIpc) is 3.13. The molecule has 0 bridgehead atoms. The van der Waals surface area contributed by atoms with Crippen LogP contribution in [-0.2, 0) is 28.2 Å². The lowest BCUT2D eigenvalue weighted by atomic mass is 9.82. The maximum absolute atomic E-state index is 14.4. The van der Waals surface area contributed by atoms with E-state index in [1.807, 2.05) is 0 Å². The Kier molecular flexibility index (Phi) is 7.46. The summed E-state index contributed by atoms with van der Waals surface area (Å²) in [5, 5.41) is 21.6. The molecule has 0 unspecified atom stereocenters. The first kappa shape index (κ1) is 35.6. The number of carbonyl (C=O) groups is 6. The first-order chi connectivity index (χ1) is 26.4. The van der Waals surface area contributed by atoms with Crippen LogP contribution in [0.15, 0.2) is 49.1 Å². The van der Waals surface area contributed by atoms with Crippen LogP contribution in [0.3, 0.4) is 0 Å². The predicted octanol–water partition coefficient (Wildman–Crippen LogP) is 4.65. The van der Waals surface area contributed by atoms with Gasteiger partial charge in [-0.05, 0) is 24.3 Å². The van der Waals surface area contributed by atoms with E-state index in [9.17, 15) is 39.0 Å². The Hall–Kier alpha value is -6.06. The van der Waals surface area contributed by atoms with Crippen molar-refractivity contribution in [1.82, 2.24) is 0 Å². The molecule has 5 aromatic carbocycles. The topological polar surface area (TPSA) is 165 Å². The van der Waals surface area contributed by atoms with Crippen LogP contribution in [0.2, 0.25) is 20.1 Å². The highest BCUT2D eigenvalue weighted by Gasteiger charge is 2.48. The van der Waals surface area contributed by atoms with Crippen LogP contribution < -0.4 is 28.1 Å². The van der Waals surface area contributed by atoms with Crippen molar-refractivity contribution in [3.05, 3.63) is 103 Å². The Morgan fingerprint density at radius 3 is 0.964 bits per heavy atom. The molecule has 56 heavy (non-hydrogen) atoms.